The Bertz CT molecular complexity index is 1480. The number of pyridine rings is 1. The number of hydrogen-bond acceptors (Lipinski definition) is 6. The van der Waals surface area contributed by atoms with E-state index in [9.17, 15) is 9.59 Å². The second kappa shape index (κ2) is 10.1. The first-order valence-corrected chi connectivity index (χ1v) is 10.5. The summed E-state index contributed by atoms with van der Waals surface area (Å²) in [6.45, 7) is 0. The largest absolute Gasteiger partial charge is 0.496 e. The Balaban J connectivity index is 1.71. The number of benzene rings is 3. The van der Waals surface area contributed by atoms with E-state index in [2.05, 4.69) is 10.3 Å². The Labute approximate surface area is 209 Å². The van der Waals surface area contributed by atoms with Crippen LogP contribution in [0.2, 0.25) is 5.02 Å². The highest BCUT2D eigenvalue weighted by Crippen LogP contribution is 2.38. The van der Waals surface area contributed by atoms with Crippen LogP contribution in [-0.2, 0) is 0 Å². The van der Waals surface area contributed by atoms with E-state index in [1.807, 2.05) is 0 Å². The first-order valence-electron chi connectivity index (χ1n) is 10.2. The summed E-state index contributed by atoms with van der Waals surface area (Å²) in [7, 11) is 7.14. The predicted molar refractivity (Wildman–Crippen MR) is 130 cm³/mol. The molecule has 2 amide bonds. The average Bonchev–Trinajstić information content (AvgIpc) is 2.87. The lowest BCUT2D eigenvalue weighted by molar-refractivity contribution is 0.0997. The summed E-state index contributed by atoms with van der Waals surface area (Å²) in [5.41, 5.74) is 4.45. The number of anilines is 1. The summed E-state index contributed by atoms with van der Waals surface area (Å²) in [4.78, 5) is 28.1. The van der Waals surface area contributed by atoms with Crippen LogP contribution in [0, 0.1) is 11.6 Å². The van der Waals surface area contributed by atoms with Gasteiger partial charge in [-0.15, -0.1) is 0 Å². The van der Waals surface area contributed by atoms with Crippen molar-refractivity contribution in [2.24, 2.45) is 5.73 Å². The van der Waals surface area contributed by atoms with E-state index in [-0.39, 0.29) is 33.7 Å². The number of ether oxygens (including phenoxy) is 3. The average molecular weight is 510 g/mol. The Morgan fingerprint density at radius 1 is 1.08 bits per heavy atom. The molecule has 0 spiro atoms. The third-order valence-corrected chi connectivity index (χ3v) is 5.35. The van der Waals surface area contributed by atoms with E-state index in [1.54, 1.807) is 18.2 Å². The van der Waals surface area contributed by atoms with E-state index in [0.29, 0.717) is 0 Å². The molecule has 0 aliphatic rings. The van der Waals surface area contributed by atoms with Gasteiger partial charge in [0.05, 0.1) is 23.9 Å². The molecule has 0 saturated carbocycles. The number of rotatable bonds is 6. The van der Waals surface area contributed by atoms with E-state index >= 15 is 8.78 Å². The number of nitrogens with one attached hydrogen (secondary N) is 1. The van der Waals surface area contributed by atoms with E-state index < -0.39 is 45.6 Å². The number of carbonyl (C=O) groups is 2. The SMILES string of the molecule is [B]c1c(F)c(Oc2ccnc3cc(OC)c(C(N)=O)cc23)c(F)c(Cl)c1NC(=O)Oc1ccccc1. The van der Waals surface area contributed by atoms with Gasteiger partial charge in [-0.2, -0.15) is 0 Å². The van der Waals surface area contributed by atoms with Gasteiger partial charge in [-0.1, -0.05) is 29.8 Å². The first-order chi connectivity index (χ1) is 17.2. The summed E-state index contributed by atoms with van der Waals surface area (Å²) in [6.07, 6.45) is 0.243. The third-order valence-electron chi connectivity index (χ3n) is 5.00. The minimum absolute atomic E-state index is 0.00202. The number of fused-ring (bicyclic) bond motifs is 1. The molecular weight excluding hydrogens is 495 g/mol. The number of aromatic nitrogens is 1. The second-order valence-electron chi connectivity index (χ2n) is 7.23. The highest BCUT2D eigenvalue weighted by atomic mass is 35.5. The van der Waals surface area contributed by atoms with Crippen LogP contribution in [0.3, 0.4) is 0 Å². The lowest BCUT2D eigenvalue weighted by atomic mass is 9.92. The molecule has 8 nitrogen and oxygen atoms in total. The molecule has 3 aromatic carbocycles. The minimum atomic E-state index is -1.34. The van der Waals surface area contributed by atoms with Crippen molar-refractivity contribution in [2.45, 2.75) is 0 Å². The van der Waals surface area contributed by atoms with Crippen molar-refractivity contribution in [2.75, 3.05) is 12.4 Å². The lowest BCUT2D eigenvalue weighted by Crippen LogP contribution is -2.25. The van der Waals surface area contributed by atoms with E-state index in [1.165, 1.54) is 43.6 Å². The number of nitrogens with zero attached hydrogens (tertiary/aromatic N) is 1. The maximum absolute atomic E-state index is 15.1. The number of primary amides is 1. The third kappa shape index (κ3) is 4.73. The fraction of sp³-hybridized carbons (Fsp3) is 0.0417. The Kier molecular flexibility index (Phi) is 6.93. The van der Waals surface area contributed by atoms with Gasteiger partial charge in [-0.3, -0.25) is 15.1 Å². The summed E-state index contributed by atoms with van der Waals surface area (Å²) in [5, 5.41) is 1.62. The molecule has 0 unspecified atom stereocenters. The number of para-hydroxylation sites is 1. The van der Waals surface area contributed by atoms with Gasteiger partial charge in [0.25, 0.3) is 5.91 Å². The van der Waals surface area contributed by atoms with Gasteiger partial charge < -0.3 is 19.9 Å². The smallest absolute Gasteiger partial charge is 0.417 e. The molecule has 0 aliphatic carbocycles. The van der Waals surface area contributed by atoms with Crippen molar-refractivity contribution in [1.82, 2.24) is 4.98 Å². The van der Waals surface area contributed by atoms with Crippen molar-refractivity contribution in [3.8, 4) is 23.0 Å². The molecule has 4 aromatic rings. The van der Waals surface area contributed by atoms with Gasteiger partial charge in [-0.05, 0) is 29.7 Å². The van der Waals surface area contributed by atoms with Gasteiger partial charge in [0.15, 0.2) is 17.4 Å². The number of hydrogen-bond donors (Lipinski definition) is 2. The summed E-state index contributed by atoms with van der Waals surface area (Å²) in [6, 6.07) is 12.0. The summed E-state index contributed by atoms with van der Waals surface area (Å²) < 4.78 is 45.9. The van der Waals surface area contributed by atoms with Gasteiger partial charge in [0, 0.05) is 17.6 Å². The highest BCUT2D eigenvalue weighted by molar-refractivity contribution is 6.42. The molecule has 0 bridgehead atoms. The van der Waals surface area contributed by atoms with Crippen molar-refractivity contribution in [3.63, 3.8) is 0 Å². The van der Waals surface area contributed by atoms with Crippen LogP contribution in [0.1, 0.15) is 10.4 Å². The lowest BCUT2D eigenvalue weighted by Gasteiger charge is -2.17. The van der Waals surface area contributed by atoms with Crippen molar-refractivity contribution < 1.29 is 32.6 Å². The quantitative estimate of drug-likeness (QED) is 0.293. The van der Waals surface area contributed by atoms with Crippen molar-refractivity contribution in [3.05, 3.63) is 76.9 Å². The molecule has 12 heteroatoms. The molecule has 3 N–H and O–H groups in total. The zero-order chi connectivity index (χ0) is 26.0. The van der Waals surface area contributed by atoms with Crippen LogP contribution < -0.4 is 30.7 Å². The highest BCUT2D eigenvalue weighted by Gasteiger charge is 2.25. The van der Waals surface area contributed by atoms with Crippen LogP contribution in [0.4, 0.5) is 19.3 Å². The number of halogens is 3. The van der Waals surface area contributed by atoms with Crippen molar-refractivity contribution >= 4 is 53.5 Å². The monoisotopic (exact) mass is 509 g/mol. The fourth-order valence-electron chi connectivity index (χ4n) is 3.30. The van der Waals surface area contributed by atoms with Crippen LogP contribution >= 0.6 is 11.6 Å². The van der Waals surface area contributed by atoms with E-state index in [4.69, 9.17) is 39.4 Å². The van der Waals surface area contributed by atoms with Gasteiger partial charge >= 0.3 is 6.09 Å². The normalized spacial score (nSPS) is 10.7. The molecule has 180 valence electrons. The summed E-state index contributed by atoms with van der Waals surface area (Å²) in [5.74, 6) is -4.16. The minimum Gasteiger partial charge on any atom is -0.496 e. The molecule has 1 aromatic heterocycles. The van der Waals surface area contributed by atoms with Gasteiger partial charge in [-0.25, -0.2) is 13.6 Å². The molecule has 2 radical (unpaired) electrons. The Hall–Kier alpha value is -4.38. The molecule has 0 saturated heterocycles. The Morgan fingerprint density at radius 3 is 2.47 bits per heavy atom. The molecule has 36 heavy (non-hydrogen) atoms. The zero-order valence-corrected chi connectivity index (χ0v) is 19.2. The van der Waals surface area contributed by atoms with Gasteiger partial charge in [0.1, 0.15) is 30.1 Å². The molecule has 0 atom stereocenters. The number of amides is 2. The molecule has 0 aliphatic heterocycles. The number of carbonyl (C=O) groups excluding carboxylic acids is 2. The Morgan fingerprint density at radius 2 is 1.81 bits per heavy atom. The topological polar surface area (TPSA) is 113 Å². The standard InChI is InChI=1S/C24H15BClF2N3O5/c1-34-16-10-14-12(9-13(16)23(29)32)15(7-8-30-14)36-22-19(27)17(25)21(18(26)20(22)28)31-24(33)35-11-5-3-2-4-6-11/h2-10H,1H3,(H2,29,32)(H,31,33). The van der Waals surface area contributed by atoms with Crippen LogP contribution in [-0.4, -0.2) is 31.9 Å². The van der Waals surface area contributed by atoms with Gasteiger partial charge in [0.2, 0.25) is 0 Å². The summed E-state index contributed by atoms with van der Waals surface area (Å²) >= 11 is 6.05. The maximum atomic E-state index is 15.1. The first kappa shape index (κ1) is 24.7. The molecule has 0 fully saturated rings. The fourth-order valence-corrected chi connectivity index (χ4v) is 3.53. The predicted octanol–water partition coefficient (Wildman–Crippen LogP) is 4.47. The molecular formula is C24H15BClF2N3O5. The number of methoxy groups -OCH3 is 1. The second-order valence-corrected chi connectivity index (χ2v) is 7.61. The molecule has 4 rings (SSSR count). The van der Waals surface area contributed by atoms with Crippen molar-refractivity contribution in [1.29, 1.82) is 0 Å². The zero-order valence-electron chi connectivity index (χ0n) is 18.5. The molecule has 1 heterocycles. The van der Waals surface area contributed by atoms with Crippen LogP contribution in [0.25, 0.3) is 10.9 Å². The maximum Gasteiger partial charge on any atom is 0.417 e. The van der Waals surface area contributed by atoms with E-state index in [0.717, 1.165) is 0 Å². The van der Waals surface area contributed by atoms with Crippen LogP contribution in [0.5, 0.6) is 23.0 Å². The van der Waals surface area contributed by atoms with Crippen LogP contribution in [0.15, 0.2) is 54.7 Å². The number of nitrogens with two attached hydrogens (primary N) is 1.